The monoisotopic (exact) mass is 380 g/mol. The summed E-state index contributed by atoms with van der Waals surface area (Å²) in [7, 11) is 0. The van der Waals surface area contributed by atoms with Crippen molar-refractivity contribution in [3.63, 3.8) is 0 Å². The molecule has 148 valence electrons. The Hall–Kier alpha value is -0.910. The van der Waals surface area contributed by atoms with E-state index < -0.39 is 0 Å². The van der Waals surface area contributed by atoms with E-state index in [0.717, 1.165) is 75.2 Å². The van der Waals surface area contributed by atoms with Crippen molar-refractivity contribution in [2.45, 2.75) is 64.3 Å². The maximum atomic E-state index is 12.7. The van der Waals surface area contributed by atoms with Crippen molar-refractivity contribution in [2.24, 2.45) is 16.8 Å². The molecule has 1 saturated heterocycles. The maximum absolute atomic E-state index is 12.7. The van der Waals surface area contributed by atoms with Crippen LogP contribution in [-0.2, 0) is 4.79 Å². The van der Waals surface area contributed by atoms with E-state index in [4.69, 9.17) is 4.99 Å². The molecule has 1 heterocycles. The molecule has 0 aromatic rings. The molecule has 3 aliphatic rings. The third-order valence-corrected chi connectivity index (χ3v) is 6.76. The van der Waals surface area contributed by atoms with E-state index >= 15 is 0 Å². The first-order chi connectivity index (χ1) is 12.8. The predicted octanol–water partition coefficient (Wildman–Crippen LogP) is 2.87. The van der Waals surface area contributed by atoms with E-state index in [1.165, 1.54) is 25.7 Å². The Balaban J connectivity index is 1.39. The van der Waals surface area contributed by atoms with Gasteiger partial charge in [0.1, 0.15) is 0 Å². The molecular formula is C20H36N4OS. The first-order valence-corrected chi connectivity index (χ1v) is 11.8. The van der Waals surface area contributed by atoms with E-state index in [9.17, 15) is 4.79 Å². The van der Waals surface area contributed by atoms with Gasteiger partial charge in [0.05, 0.1) is 0 Å². The van der Waals surface area contributed by atoms with Gasteiger partial charge in [-0.25, -0.2) is 0 Å². The Kier molecular flexibility index (Phi) is 7.96. The van der Waals surface area contributed by atoms with E-state index in [0.29, 0.717) is 11.9 Å². The number of hydrogen-bond acceptors (Lipinski definition) is 3. The summed E-state index contributed by atoms with van der Waals surface area (Å²) in [4.78, 5) is 19.5. The zero-order chi connectivity index (χ0) is 18.2. The largest absolute Gasteiger partial charge is 0.357 e. The fourth-order valence-electron chi connectivity index (χ4n) is 4.02. The fraction of sp³-hybridized carbons (Fsp3) is 0.900. The van der Waals surface area contributed by atoms with Crippen LogP contribution in [0.4, 0.5) is 0 Å². The van der Waals surface area contributed by atoms with Gasteiger partial charge in [-0.2, -0.15) is 11.8 Å². The minimum atomic E-state index is 0.245. The van der Waals surface area contributed by atoms with Crippen molar-refractivity contribution < 1.29 is 4.79 Å². The standard InChI is InChI=1S/C20H36N4OS/c1-2-21-20(22-11-3-4-16-5-6-16)23-18-9-7-17(8-10-18)19(25)24-12-14-26-15-13-24/h16-18H,2-15H2,1H3,(H2,21,22,23). The van der Waals surface area contributed by atoms with Gasteiger partial charge in [0, 0.05) is 49.6 Å². The molecule has 3 rings (SSSR count). The Bertz CT molecular complexity index is 466. The van der Waals surface area contributed by atoms with Crippen LogP contribution in [0.3, 0.4) is 0 Å². The average molecular weight is 381 g/mol. The summed E-state index contributed by atoms with van der Waals surface area (Å²) in [6.07, 6.45) is 9.58. The van der Waals surface area contributed by atoms with Crippen LogP contribution < -0.4 is 10.6 Å². The smallest absolute Gasteiger partial charge is 0.225 e. The first kappa shape index (κ1) is 19.8. The van der Waals surface area contributed by atoms with Gasteiger partial charge in [-0.1, -0.05) is 12.8 Å². The van der Waals surface area contributed by atoms with Crippen LogP contribution in [0.5, 0.6) is 0 Å². The third kappa shape index (κ3) is 6.36. The molecule has 2 saturated carbocycles. The summed E-state index contributed by atoms with van der Waals surface area (Å²) in [5, 5.41) is 6.99. The number of thioether (sulfide) groups is 1. The highest BCUT2D eigenvalue weighted by Crippen LogP contribution is 2.33. The van der Waals surface area contributed by atoms with Gasteiger partial charge in [-0.3, -0.25) is 9.79 Å². The second-order valence-electron chi connectivity index (χ2n) is 7.98. The molecule has 0 spiro atoms. The molecule has 0 aromatic carbocycles. The lowest BCUT2D eigenvalue weighted by molar-refractivity contribution is -0.136. The highest BCUT2D eigenvalue weighted by Gasteiger charge is 2.30. The Morgan fingerprint density at radius 3 is 2.50 bits per heavy atom. The number of nitrogens with zero attached hydrogens (tertiary/aromatic N) is 2. The van der Waals surface area contributed by atoms with Crippen LogP contribution in [0, 0.1) is 11.8 Å². The highest BCUT2D eigenvalue weighted by molar-refractivity contribution is 7.99. The molecule has 0 atom stereocenters. The van der Waals surface area contributed by atoms with Crippen LogP contribution in [0.1, 0.15) is 58.3 Å². The molecule has 6 heteroatoms. The second kappa shape index (κ2) is 10.4. The summed E-state index contributed by atoms with van der Waals surface area (Å²) in [6.45, 7) is 5.83. The summed E-state index contributed by atoms with van der Waals surface area (Å²) in [5.41, 5.74) is 0. The van der Waals surface area contributed by atoms with Crippen LogP contribution in [0.25, 0.3) is 0 Å². The minimum Gasteiger partial charge on any atom is -0.357 e. The molecule has 0 aromatic heterocycles. The van der Waals surface area contributed by atoms with Crippen molar-refractivity contribution in [3.05, 3.63) is 0 Å². The van der Waals surface area contributed by atoms with Crippen molar-refractivity contribution >= 4 is 23.6 Å². The van der Waals surface area contributed by atoms with E-state index in [2.05, 4.69) is 22.5 Å². The molecule has 1 aliphatic heterocycles. The molecule has 1 amide bonds. The zero-order valence-corrected chi connectivity index (χ0v) is 17.2. The number of guanidine groups is 1. The lowest BCUT2D eigenvalue weighted by Gasteiger charge is -2.34. The molecule has 5 nitrogen and oxygen atoms in total. The van der Waals surface area contributed by atoms with Gasteiger partial charge >= 0.3 is 0 Å². The zero-order valence-electron chi connectivity index (χ0n) is 16.3. The van der Waals surface area contributed by atoms with Crippen LogP contribution in [-0.4, -0.2) is 60.5 Å². The van der Waals surface area contributed by atoms with E-state index in [1.807, 2.05) is 11.8 Å². The van der Waals surface area contributed by atoms with Crippen molar-refractivity contribution in [1.82, 2.24) is 15.5 Å². The lowest BCUT2D eigenvalue weighted by Crippen LogP contribution is -2.47. The number of hydrogen-bond donors (Lipinski definition) is 2. The number of rotatable bonds is 7. The summed E-state index contributed by atoms with van der Waals surface area (Å²) in [6, 6.07) is 0.456. The molecular weight excluding hydrogens is 344 g/mol. The van der Waals surface area contributed by atoms with E-state index in [1.54, 1.807) is 0 Å². The topological polar surface area (TPSA) is 56.7 Å². The van der Waals surface area contributed by atoms with Gasteiger partial charge < -0.3 is 15.5 Å². The molecule has 0 unspecified atom stereocenters. The summed E-state index contributed by atoms with van der Waals surface area (Å²) in [5.74, 6) is 4.81. The maximum Gasteiger partial charge on any atom is 0.225 e. The number of aliphatic imine (C=N–C) groups is 1. The van der Waals surface area contributed by atoms with Gasteiger partial charge in [0.15, 0.2) is 5.96 Å². The van der Waals surface area contributed by atoms with Crippen LogP contribution >= 0.6 is 11.8 Å². The molecule has 0 bridgehead atoms. The molecule has 2 aliphatic carbocycles. The Morgan fingerprint density at radius 2 is 1.85 bits per heavy atom. The highest BCUT2D eigenvalue weighted by atomic mass is 32.2. The van der Waals surface area contributed by atoms with Crippen molar-refractivity contribution in [2.75, 3.05) is 37.7 Å². The summed E-state index contributed by atoms with van der Waals surface area (Å²) < 4.78 is 0. The van der Waals surface area contributed by atoms with Gasteiger partial charge in [-0.05, 0) is 51.4 Å². The van der Waals surface area contributed by atoms with Crippen LogP contribution in [0.15, 0.2) is 4.99 Å². The van der Waals surface area contributed by atoms with Gasteiger partial charge in [-0.15, -0.1) is 0 Å². The lowest BCUT2D eigenvalue weighted by atomic mass is 9.85. The molecule has 3 fully saturated rings. The SMILES string of the molecule is CCNC(=NCCCC1CC1)NC1CCC(C(=O)N2CCSCC2)CC1. The van der Waals surface area contributed by atoms with Crippen LogP contribution in [0.2, 0.25) is 0 Å². The fourth-order valence-corrected chi connectivity index (χ4v) is 4.92. The minimum absolute atomic E-state index is 0.245. The van der Waals surface area contributed by atoms with Gasteiger partial charge in [0.2, 0.25) is 5.91 Å². The van der Waals surface area contributed by atoms with Crippen molar-refractivity contribution in [1.29, 1.82) is 0 Å². The third-order valence-electron chi connectivity index (χ3n) is 5.82. The predicted molar refractivity (Wildman–Crippen MR) is 111 cm³/mol. The number of carbonyl (C=O) groups is 1. The number of nitrogens with one attached hydrogen (secondary N) is 2. The molecule has 0 radical (unpaired) electrons. The molecule has 26 heavy (non-hydrogen) atoms. The number of amides is 1. The Morgan fingerprint density at radius 1 is 1.12 bits per heavy atom. The normalized spacial score (nSPS) is 27.3. The number of carbonyl (C=O) groups excluding carboxylic acids is 1. The Labute approximate surface area is 163 Å². The average Bonchev–Trinajstić information content (AvgIpc) is 3.50. The molecule has 2 N–H and O–H groups in total. The second-order valence-corrected chi connectivity index (χ2v) is 9.20. The summed E-state index contributed by atoms with van der Waals surface area (Å²) >= 11 is 1.96. The quantitative estimate of drug-likeness (QED) is 0.405. The van der Waals surface area contributed by atoms with Gasteiger partial charge in [0.25, 0.3) is 0 Å². The van der Waals surface area contributed by atoms with Crippen molar-refractivity contribution in [3.8, 4) is 0 Å². The van der Waals surface area contributed by atoms with E-state index in [-0.39, 0.29) is 5.92 Å². The first-order valence-electron chi connectivity index (χ1n) is 10.7.